The summed E-state index contributed by atoms with van der Waals surface area (Å²) >= 11 is 0. The van der Waals surface area contributed by atoms with Crippen LogP contribution in [-0.4, -0.2) is 41.9 Å². The van der Waals surface area contributed by atoms with Gasteiger partial charge in [-0.15, -0.1) is 24.8 Å². The van der Waals surface area contributed by atoms with Crippen molar-refractivity contribution in [2.45, 2.75) is 12.5 Å². The van der Waals surface area contributed by atoms with Crippen molar-refractivity contribution in [1.82, 2.24) is 4.90 Å². The van der Waals surface area contributed by atoms with E-state index in [-0.39, 0.29) is 48.9 Å². The zero-order valence-electron chi connectivity index (χ0n) is 15.3. The largest absolute Gasteiger partial charge is 0.368 e. The minimum atomic E-state index is -0.395. The molecule has 1 amide bonds. The number of carbonyl (C=O) groups is 1. The first kappa shape index (κ1) is 23.7. The summed E-state index contributed by atoms with van der Waals surface area (Å²) in [7, 11) is 0. The number of amides is 1. The second-order valence-corrected chi connectivity index (χ2v) is 6.37. The summed E-state index contributed by atoms with van der Waals surface area (Å²) < 4.78 is 0. The molecule has 0 spiro atoms. The Morgan fingerprint density at radius 3 is 2.29 bits per heavy atom. The first-order chi connectivity index (χ1) is 12.5. The molecule has 28 heavy (non-hydrogen) atoms. The second-order valence-electron chi connectivity index (χ2n) is 6.37. The maximum atomic E-state index is 12.5. The van der Waals surface area contributed by atoms with Crippen LogP contribution < -0.4 is 10.6 Å². The molecule has 1 fully saturated rings. The number of hydrogen-bond donors (Lipinski definition) is 1. The minimum Gasteiger partial charge on any atom is -0.368 e. The monoisotopic (exact) mass is 426 g/mol. The maximum Gasteiger partial charge on any atom is 0.271 e. The molecule has 1 unspecified atom stereocenters. The highest BCUT2D eigenvalue weighted by molar-refractivity contribution is 5.85. The lowest BCUT2D eigenvalue weighted by Crippen LogP contribution is -2.49. The number of nitro benzene ring substituents is 1. The van der Waals surface area contributed by atoms with Crippen molar-refractivity contribution in [3.8, 4) is 0 Å². The van der Waals surface area contributed by atoms with E-state index in [1.54, 1.807) is 12.1 Å². The van der Waals surface area contributed by atoms with Crippen molar-refractivity contribution < 1.29 is 9.72 Å². The number of benzene rings is 2. The quantitative estimate of drug-likeness (QED) is 0.585. The van der Waals surface area contributed by atoms with Crippen molar-refractivity contribution in [2.24, 2.45) is 5.73 Å². The number of piperazine rings is 1. The molecular weight excluding hydrogens is 403 g/mol. The van der Waals surface area contributed by atoms with Gasteiger partial charge in [-0.25, -0.2) is 0 Å². The molecule has 1 saturated heterocycles. The molecule has 9 heteroatoms. The third kappa shape index (κ3) is 5.82. The highest BCUT2D eigenvalue weighted by Crippen LogP contribution is 2.23. The van der Waals surface area contributed by atoms with Crippen LogP contribution in [0.25, 0.3) is 0 Å². The van der Waals surface area contributed by atoms with E-state index in [0.29, 0.717) is 26.2 Å². The Hall–Kier alpha value is -2.35. The van der Waals surface area contributed by atoms with Crippen LogP contribution in [0.3, 0.4) is 0 Å². The molecule has 2 aromatic rings. The molecule has 2 aromatic carbocycles. The molecule has 2 N–H and O–H groups in total. The lowest BCUT2D eigenvalue weighted by molar-refractivity contribution is -0.384. The van der Waals surface area contributed by atoms with Crippen molar-refractivity contribution in [1.29, 1.82) is 0 Å². The third-order valence-corrected chi connectivity index (χ3v) is 4.66. The highest BCUT2D eigenvalue weighted by Gasteiger charge is 2.23. The van der Waals surface area contributed by atoms with Crippen molar-refractivity contribution in [3.05, 3.63) is 70.3 Å². The Labute approximate surface area is 176 Å². The summed E-state index contributed by atoms with van der Waals surface area (Å²) in [5, 5.41) is 10.9. The summed E-state index contributed by atoms with van der Waals surface area (Å²) in [6, 6.07) is 15.9. The lowest BCUT2D eigenvalue weighted by atomic mass is 10.0. The van der Waals surface area contributed by atoms with Gasteiger partial charge in [-0.3, -0.25) is 14.9 Å². The van der Waals surface area contributed by atoms with Gasteiger partial charge >= 0.3 is 0 Å². The normalized spacial score (nSPS) is 14.5. The molecule has 7 nitrogen and oxygen atoms in total. The van der Waals surface area contributed by atoms with Crippen LogP contribution in [0.5, 0.6) is 0 Å². The minimum absolute atomic E-state index is 0. The van der Waals surface area contributed by atoms with Gasteiger partial charge in [-0.2, -0.15) is 0 Å². The molecule has 3 rings (SSSR count). The van der Waals surface area contributed by atoms with E-state index in [2.05, 4.69) is 4.90 Å². The molecular formula is C19H24Cl2N4O3. The van der Waals surface area contributed by atoms with Gasteiger partial charge in [0.25, 0.3) is 5.69 Å². The van der Waals surface area contributed by atoms with Gasteiger partial charge in [-0.05, 0) is 11.6 Å². The number of non-ortho nitro benzene ring substituents is 1. The van der Waals surface area contributed by atoms with Gasteiger partial charge in [0.05, 0.1) is 4.92 Å². The predicted octanol–water partition coefficient (Wildman–Crippen LogP) is 3.18. The molecule has 0 radical (unpaired) electrons. The number of nitrogens with zero attached hydrogens (tertiary/aromatic N) is 3. The zero-order chi connectivity index (χ0) is 18.5. The van der Waals surface area contributed by atoms with Crippen LogP contribution in [0.1, 0.15) is 18.0 Å². The van der Waals surface area contributed by atoms with Crippen LogP contribution in [0.15, 0.2) is 54.6 Å². The molecule has 1 heterocycles. The fourth-order valence-corrected chi connectivity index (χ4v) is 3.15. The number of nitrogens with two attached hydrogens (primary N) is 1. The Kier molecular flexibility index (Phi) is 9.18. The van der Waals surface area contributed by atoms with Gasteiger partial charge in [0, 0.05) is 56.5 Å². The van der Waals surface area contributed by atoms with Gasteiger partial charge in [-0.1, -0.05) is 36.4 Å². The molecule has 1 atom stereocenters. The van der Waals surface area contributed by atoms with Crippen molar-refractivity contribution in [2.75, 3.05) is 31.1 Å². The number of rotatable bonds is 5. The lowest BCUT2D eigenvalue weighted by Gasteiger charge is -2.36. The molecule has 1 aliphatic rings. The second kappa shape index (κ2) is 10.8. The van der Waals surface area contributed by atoms with E-state index < -0.39 is 4.92 Å². The fraction of sp³-hybridized carbons (Fsp3) is 0.316. The average Bonchev–Trinajstić information content (AvgIpc) is 2.68. The summed E-state index contributed by atoms with van der Waals surface area (Å²) in [5.74, 6) is 0.0417. The third-order valence-electron chi connectivity index (χ3n) is 4.66. The first-order valence-corrected chi connectivity index (χ1v) is 8.62. The fourth-order valence-electron chi connectivity index (χ4n) is 3.15. The van der Waals surface area contributed by atoms with Gasteiger partial charge in [0.2, 0.25) is 5.91 Å². The van der Waals surface area contributed by atoms with Crippen LogP contribution in [0.4, 0.5) is 11.4 Å². The smallest absolute Gasteiger partial charge is 0.271 e. The topological polar surface area (TPSA) is 92.7 Å². The highest BCUT2D eigenvalue weighted by atomic mass is 35.5. The van der Waals surface area contributed by atoms with Crippen molar-refractivity contribution in [3.63, 3.8) is 0 Å². The van der Waals surface area contributed by atoms with Gasteiger partial charge in [0.15, 0.2) is 0 Å². The molecule has 1 aliphatic heterocycles. The Bertz CT molecular complexity index is 784. The molecule has 0 saturated carbocycles. The van der Waals surface area contributed by atoms with Crippen LogP contribution in [0, 0.1) is 10.1 Å². The molecule has 0 bridgehead atoms. The predicted molar refractivity (Wildman–Crippen MR) is 114 cm³/mol. The number of anilines is 1. The molecule has 0 aromatic heterocycles. The van der Waals surface area contributed by atoms with Gasteiger partial charge in [0.1, 0.15) is 0 Å². The summed E-state index contributed by atoms with van der Waals surface area (Å²) in [6.07, 6.45) is 0.279. The van der Waals surface area contributed by atoms with E-state index in [1.807, 2.05) is 41.3 Å². The summed E-state index contributed by atoms with van der Waals surface area (Å²) in [4.78, 5) is 26.9. The van der Waals surface area contributed by atoms with E-state index >= 15 is 0 Å². The zero-order valence-corrected chi connectivity index (χ0v) is 16.9. The molecule has 152 valence electrons. The molecule has 0 aliphatic carbocycles. The summed E-state index contributed by atoms with van der Waals surface area (Å²) in [5.41, 5.74) is 7.99. The van der Waals surface area contributed by atoms with E-state index in [4.69, 9.17) is 5.73 Å². The van der Waals surface area contributed by atoms with Crippen molar-refractivity contribution >= 4 is 42.1 Å². The van der Waals surface area contributed by atoms with Gasteiger partial charge < -0.3 is 15.5 Å². The maximum absolute atomic E-state index is 12.5. The summed E-state index contributed by atoms with van der Waals surface area (Å²) in [6.45, 7) is 2.47. The standard InChI is InChI=1S/C19H22N4O3.2ClH/c20-18(15-5-2-1-3-6-15)14-19(24)22-11-9-21(10-12-22)16-7-4-8-17(13-16)23(25)26;;/h1-8,13,18H,9-12,14,20H2;2*1H. The Morgan fingerprint density at radius 2 is 1.68 bits per heavy atom. The van der Waals surface area contributed by atoms with Crippen LogP contribution in [-0.2, 0) is 4.79 Å². The van der Waals surface area contributed by atoms with E-state index in [9.17, 15) is 14.9 Å². The van der Waals surface area contributed by atoms with E-state index in [0.717, 1.165) is 11.3 Å². The SMILES string of the molecule is Cl.Cl.NC(CC(=O)N1CCN(c2cccc([N+](=O)[O-])c2)CC1)c1ccccc1. The number of hydrogen-bond acceptors (Lipinski definition) is 5. The Morgan fingerprint density at radius 1 is 1.04 bits per heavy atom. The first-order valence-electron chi connectivity index (χ1n) is 8.62. The van der Waals surface area contributed by atoms with E-state index in [1.165, 1.54) is 6.07 Å². The number of halogens is 2. The Balaban J connectivity index is 0.00000196. The van der Waals surface area contributed by atoms with Crippen LogP contribution >= 0.6 is 24.8 Å². The van der Waals surface area contributed by atoms with Crippen LogP contribution in [0.2, 0.25) is 0 Å². The number of nitro groups is 1. The average molecular weight is 427 g/mol. The number of carbonyl (C=O) groups excluding carboxylic acids is 1.